The molecule has 0 saturated carbocycles. The van der Waals surface area contributed by atoms with E-state index in [9.17, 15) is 14.7 Å². The number of hydrogen-bond donors (Lipinski definition) is 3. The Morgan fingerprint density at radius 1 is 1.44 bits per heavy atom. The summed E-state index contributed by atoms with van der Waals surface area (Å²) in [6.07, 6.45) is 0. The second-order valence-corrected chi connectivity index (χ2v) is 3.74. The largest absolute Gasteiger partial charge is 0.479 e. The van der Waals surface area contributed by atoms with Crippen molar-refractivity contribution in [3.05, 3.63) is 29.8 Å². The molecule has 0 aromatic heterocycles. The fraction of sp³-hybridized carbons (Fsp3) is 0.273. The van der Waals surface area contributed by atoms with Crippen LogP contribution in [0.4, 0.5) is 5.69 Å². The van der Waals surface area contributed by atoms with Gasteiger partial charge in [-0.2, -0.15) is 0 Å². The van der Waals surface area contributed by atoms with E-state index in [4.69, 9.17) is 5.73 Å². The standard InChI is InChI=1S/C11H14N2O3/c1-7(14)13-11(2,10(15)16)8-4-3-5-9(12)6-8/h3-6H,12H2,1-2H3,(H,13,14)(H,15,16). The van der Waals surface area contributed by atoms with Gasteiger partial charge >= 0.3 is 5.97 Å². The Morgan fingerprint density at radius 2 is 2.06 bits per heavy atom. The van der Waals surface area contributed by atoms with Gasteiger partial charge in [-0.1, -0.05) is 12.1 Å². The fourth-order valence-corrected chi connectivity index (χ4v) is 1.45. The van der Waals surface area contributed by atoms with Crippen LogP contribution in [0.25, 0.3) is 0 Å². The maximum absolute atomic E-state index is 11.2. The highest BCUT2D eigenvalue weighted by molar-refractivity contribution is 5.87. The molecular formula is C11H14N2O3. The molecule has 86 valence electrons. The van der Waals surface area contributed by atoms with Crippen molar-refractivity contribution in [3.8, 4) is 0 Å². The van der Waals surface area contributed by atoms with Crippen molar-refractivity contribution >= 4 is 17.6 Å². The lowest BCUT2D eigenvalue weighted by Gasteiger charge is -2.26. The summed E-state index contributed by atoms with van der Waals surface area (Å²) in [5, 5.41) is 11.6. The third kappa shape index (κ3) is 2.31. The van der Waals surface area contributed by atoms with Gasteiger partial charge in [-0.05, 0) is 24.6 Å². The first-order chi connectivity index (χ1) is 7.36. The monoisotopic (exact) mass is 222 g/mol. The molecule has 1 atom stereocenters. The van der Waals surface area contributed by atoms with Gasteiger partial charge < -0.3 is 16.2 Å². The maximum atomic E-state index is 11.2. The van der Waals surface area contributed by atoms with Crippen LogP contribution in [0.3, 0.4) is 0 Å². The topological polar surface area (TPSA) is 92.4 Å². The number of carbonyl (C=O) groups is 2. The Morgan fingerprint density at radius 3 is 2.50 bits per heavy atom. The zero-order valence-corrected chi connectivity index (χ0v) is 9.15. The molecule has 1 amide bonds. The predicted molar refractivity (Wildman–Crippen MR) is 59.7 cm³/mol. The second-order valence-electron chi connectivity index (χ2n) is 3.74. The minimum absolute atomic E-state index is 0.410. The number of nitrogens with one attached hydrogen (secondary N) is 1. The number of carboxylic acids is 1. The van der Waals surface area contributed by atoms with Crippen LogP contribution in [0.15, 0.2) is 24.3 Å². The van der Waals surface area contributed by atoms with Gasteiger partial charge in [0.1, 0.15) is 0 Å². The van der Waals surface area contributed by atoms with Crippen LogP contribution >= 0.6 is 0 Å². The molecule has 0 saturated heterocycles. The smallest absolute Gasteiger partial charge is 0.333 e. The number of carboxylic acid groups (broad SMARTS) is 1. The van der Waals surface area contributed by atoms with E-state index in [2.05, 4.69) is 5.32 Å². The van der Waals surface area contributed by atoms with E-state index in [1.54, 1.807) is 18.2 Å². The third-order valence-corrected chi connectivity index (χ3v) is 2.32. The van der Waals surface area contributed by atoms with E-state index >= 15 is 0 Å². The van der Waals surface area contributed by atoms with Crippen LogP contribution in [-0.4, -0.2) is 17.0 Å². The Kier molecular flexibility index (Phi) is 3.17. The molecule has 0 fully saturated rings. The van der Waals surface area contributed by atoms with Crippen LogP contribution in [0.1, 0.15) is 19.4 Å². The van der Waals surface area contributed by atoms with Gasteiger partial charge in [-0.25, -0.2) is 4.79 Å². The minimum Gasteiger partial charge on any atom is -0.479 e. The zero-order chi connectivity index (χ0) is 12.3. The van der Waals surface area contributed by atoms with Gasteiger partial charge in [-0.15, -0.1) is 0 Å². The van der Waals surface area contributed by atoms with Gasteiger partial charge in [0.15, 0.2) is 5.54 Å². The highest BCUT2D eigenvalue weighted by atomic mass is 16.4. The Balaban J connectivity index is 3.21. The number of amides is 1. The number of anilines is 1. The van der Waals surface area contributed by atoms with Crippen molar-refractivity contribution in [1.29, 1.82) is 0 Å². The Labute approximate surface area is 93.3 Å². The van der Waals surface area contributed by atoms with Gasteiger partial charge in [0, 0.05) is 12.6 Å². The summed E-state index contributed by atoms with van der Waals surface area (Å²) in [4.78, 5) is 22.2. The number of carbonyl (C=O) groups excluding carboxylic acids is 1. The highest BCUT2D eigenvalue weighted by Crippen LogP contribution is 2.22. The molecular weight excluding hydrogens is 208 g/mol. The highest BCUT2D eigenvalue weighted by Gasteiger charge is 2.36. The molecule has 4 N–H and O–H groups in total. The summed E-state index contributed by atoms with van der Waals surface area (Å²) in [7, 11) is 0. The van der Waals surface area contributed by atoms with E-state index in [1.807, 2.05) is 0 Å². The van der Waals surface area contributed by atoms with Crippen molar-refractivity contribution in [2.24, 2.45) is 0 Å². The van der Waals surface area contributed by atoms with E-state index in [0.29, 0.717) is 11.3 Å². The average Bonchev–Trinajstić information content (AvgIpc) is 2.16. The van der Waals surface area contributed by atoms with Crippen molar-refractivity contribution in [2.75, 3.05) is 5.73 Å². The Bertz CT molecular complexity index is 431. The maximum Gasteiger partial charge on any atom is 0.333 e. The number of nitrogen functional groups attached to an aromatic ring is 1. The fourth-order valence-electron chi connectivity index (χ4n) is 1.45. The summed E-state index contributed by atoms with van der Waals surface area (Å²) in [5.74, 6) is -1.54. The average molecular weight is 222 g/mol. The van der Waals surface area contributed by atoms with Crippen LogP contribution in [-0.2, 0) is 15.1 Å². The lowest BCUT2D eigenvalue weighted by molar-refractivity contribution is -0.147. The SMILES string of the molecule is CC(=O)NC(C)(C(=O)O)c1cccc(N)c1. The molecule has 5 nitrogen and oxygen atoms in total. The molecule has 0 spiro atoms. The lowest BCUT2D eigenvalue weighted by atomic mass is 9.91. The second kappa shape index (κ2) is 4.22. The lowest BCUT2D eigenvalue weighted by Crippen LogP contribution is -2.48. The molecule has 0 aliphatic carbocycles. The molecule has 0 heterocycles. The molecule has 0 aliphatic heterocycles. The summed E-state index contributed by atoms with van der Waals surface area (Å²) in [5.41, 5.74) is 5.02. The predicted octanol–water partition coefficient (Wildman–Crippen LogP) is 0.705. The van der Waals surface area contributed by atoms with Crippen molar-refractivity contribution in [2.45, 2.75) is 19.4 Å². The number of hydrogen-bond acceptors (Lipinski definition) is 3. The first-order valence-corrected chi connectivity index (χ1v) is 4.74. The van der Waals surface area contributed by atoms with Crippen LogP contribution in [0.5, 0.6) is 0 Å². The summed E-state index contributed by atoms with van der Waals surface area (Å²) < 4.78 is 0. The molecule has 1 unspecified atom stereocenters. The zero-order valence-electron chi connectivity index (χ0n) is 9.15. The summed E-state index contributed by atoms with van der Waals surface area (Å²) in [6, 6.07) is 6.44. The van der Waals surface area contributed by atoms with Crippen molar-refractivity contribution in [3.63, 3.8) is 0 Å². The van der Waals surface area contributed by atoms with Crippen LogP contribution < -0.4 is 11.1 Å². The Hall–Kier alpha value is -2.04. The molecule has 1 rings (SSSR count). The molecule has 1 aromatic rings. The molecule has 5 heteroatoms. The van der Waals surface area contributed by atoms with E-state index in [1.165, 1.54) is 19.9 Å². The van der Waals surface area contributed by atoms with Crippen molar-refractivity contribution < 1.29 is 14.7 Å². The number of rotatable bonds is 3. The quantitative estimate of drug-likeness (QED) is 0.656. The van der Waals surface area contributed by atoms with E-state index in [-0.39, 0.29) is 0 Å². The first-order valence-electron chi connectivity index (χ1n) is 4.74. The number of nitrogens with two attached hydrogens (primary N) is 1. The molecule has 0 radical (unpaired) electrons. The molecule has 16 heavy (non-hydrogen) atoms. The summed E-state index contributed by atoms with van der Waals surface area (Å²) >= 11 is 0. The van der Waals surface area contributed by atoms with E-state index in [0.717, 1.165) is 0 Å². The van der Waals surface area contributed by atoms with Crippen LogP contribution in [0, 0.1) is 0 Å². The first kappa shape index (κ1) is 12.0. The number of benzene rings is 1. The third-order valence-electron chi connectivity index (χ3n) is 2.32. The molecule has 1 aromatic carbocycles. The van der Waals surface area contributed by atoms with Gasteiger partial charge in [0.05, 0.1) is 0 Å². The van der Waals surface area contributed by atoms with Crippen LogP contribution in [0.2, 0.25) is 0 Å². The van der Waals surface area contributed by atoms with Gasteiger partial charge in [0.2, 0.25) is 5.91 Å². The van der Waals surface area contributed by atoms with Crippen molar-refractivity contribution in [1.82, 2.24) is 5.32 Å². The van der Waals surface area contributed by atoms with E-state index < -0.39 is 17.4 Å². The molecule has 0 aliphatic rings. The van der Waals surface area contributed by atoms with Gasteiger partial charge in [0.25, 0.3) is 0 Å². The summed E-state index contributed by atoms with van der Waals surface area (Å²) in [6.45, 7) is 2.69. The van der Waals surface area contributed by atoms with Gasteiger partial charge in [-0.3, -0.25) is 4.79 Å². The molecule has 0 bridgehead atoms. The minimum atomic E-state index is -1.46. The number of aliphatic carboxylic acids is 1. The normalized spacial score (nSPS) is 13.9.